The van der Waals surface area contributed by atoms with Crippen molar-refractivity contribution in [3.63, 3.8) is 0 Å². The van der Waals surface area contributed by atoms with Crippen LogP contribution in [-0.2, 0) is 0 Å². The molecule has 0 saturated heterocycles. The average Bonchev–Trinajstić information content (AvgIpc) is 1.86. The van der Waals surface area contributed by atoms with Gasteiger partial charge in [-0.1, -0.05) is 0 Å². The minimum absolute atomic E-state index is 0.218. The van der Waals surface area contributed by atoms with Crippen LogP contribution in [0.3, 0.4) is 0 Å². The molecule has 0 aliphatic carbocycles. The topological polar surface area (TPSA) is 26.0 Å². The summed E-state index contributed by atoms with van der Waals surface area (Å²) in [6.45, 7) is 5.00. The van der Waals surface area contributed by atoms with Crippen LogP contribution in [0.25, 0.3) is 0 Å². The molecule has 0 saturated carbocycles. The van der Waals surface area contributed by atoms with E-state index in [4.69, 9.17) is 6.92 Å². The van der Waals surface area contributed by atoms with E-state index in [1.54, 1.807) is 0 Å². The summed E-state index contributed by atoms with van der Waals surface area (Å²) in [7, 11) is 0. The van der Waals surface area contributed by atoms with Gasteiger partial charge in [0.15, 0.2) is 5.89 Å². The van der Waals surface area contributed by atoms with Gasteiger partial charge in [0.05, 0.1) is 13.1 Å². The van der Waals surface area contributed by atoms with E-state index in [0.29, 0.717) is 0 Å². The van der Waals surface area contributed by atoms with Crippen molar-refractivity contribution in [3.05, 3.63) is 25.3 Å². The van der Waals surface area contributed by atoms with Gasteiger partial charge in [-0.25, -0.2) is 4.98 Å². The second-order valence-corrected chi connectivity index (χ2v) is 0.870. The van der Waals surface area contributed by atoms with E-state index in [2.05, 4.69) is 9.40 Å². The Bertz CT molecular complexity index is 111. The Balaban J connectivity index is 3.05. The summed E-state index contributed by atoms with van der Waals surface area (Å²) in [5.41, 5.74) is 0. The molecule has 30 valence electrons. The van der Waals surface area contributed by atoms with Crippen molar-refractivity contribution in [1.29, 1.82) is 0 Å². The van der Waals surface area contributed by atoms with Gasteiger partial charge in [-0.05, 0) is 0 Å². The maximum atomic E-state index is 5.00. The summed E-state index contributed by atoms with van der Waals surface area (Å²) in [4.78, 5) is 3.53. The second-order valence-electron chi connectivity index (χ2n) is 0.870. The summed E-state index contributed by atoms with van der Waals surface area (Å²) in [6, 6.07) is 0. The van der Waals surface area contributed by atoms with Crippen molar-refractivity contribution in [2.45, 2.75) is 0 Å². The SMILES string of the molecule is [CH]c1ncco1. The standard InChI is InChI=1S/C4H3NO/c1-4-5-2-3-6-4/h1-3H. The first-order valence-electron chi connectivity index (χ1n) is 1.54. The van der Waals surface area contributed by atoms with E-state index in [1.165, 1.54) is 12.5 Å². The molecule has 6 heavy (non-hydrogen) atoms. The van der Waals surface area contributed by atoms with Crippen molar-refractivity contribution in [2.75, 3.05) is 0 Å². The van der Waals surface area contributed by atoms with Gasteiger partial charge in [-0.15, -0.1) is 0 Å². The Kier molecular flexibility index (Phi) is 0.638. The van der Waals surface area contributed by atoms with E-state index in [9.17, 15) is 0 Å². The fraction of sp³-hybridized carbons (Fsp3) is 0. The number of oxazole rings is 1. The first kappa shape index (κ1) is 3.40. The van der Waals surface area contributed by atoms with Gasteiger partial charge in [0.2, 0.25) is 0 Å². The summed E-state index contributed by atoms with van der Waals surface area (Å²) < 4.78 is 4.50. The number of nitrogens with zero attached hydrogens (tertiary/aromatic N) is 1. The van der Waals surface area contributed by atoms with Crippen molar-refractivity contribution in [1.82, 2.24) is 4.98 Å². The summed E-state index contributed by atoms with van der Waals surface area (Å²) in [6.07, 6.45) is 2.92. The van der Waals surface area contributed by atoms with Crippen LogP contribution in [0.15, 0.2) is 16.9 Å². The molecule has 1 aromatic heterocycles. The summed E-state index contributed by atoms with van der Waals surface area (Å²) in [5, 5.41) is 0. The Hall–Kier alpha value is -0.790. The molecule has 0 aliphatic heterocycles. The lowest BCUT2D eigenvalue weighted by Gasteiger charge is -1.66. The fourth-order valence-electron chi connectivity index (χ4n) is 0.234. The predicted octanol–water partition coefficient (Wildman–Crippen LogP) is 0.734. The quantitative estimate of drug-likeness (QED) is 0.460. The first-order valence-corrected chi connectivity index (χ1v) is 1.54. The summed E-state index contributed by atoms with van der Waals surface area (Å²) >= 11 is 0. The maximum absolute atomic E-state index is 5.00. The molecular formula is C4H3NO. The maximum Gasteiger partial charge on any atom is 0.198 e. The van der Waals surface area contributed by atoms with Crippen molar-refractivity contribution in [3.8, 4) is 0 Å². The van der Waals surface area contributed by atoms with Crippen molar-refractivity contribution >= 4 is 0 Å². The molecule has 0 bridgehead atoms. The zero-order valence-electron chi connectivity index (χ0n) is 3.09. The highest BCUT2D eigenvalue weighted by Crippen LogP contribution is 1.86. The third kappa shape index (κ3) is 0.407. The Morgan fingerprint density at radius 2 is 2.67 bits per heavy atom. The highest BCUT2D eigenvalue weighted by molar-refractivity contribution is 4.81. The molecule has 1 aromatic rings. The lowest BCUT2D eigenvalue weighted by atomic mass is 10.8. The Morgan fingerprint density at radius 3 is 2.83 bits per heavy atom. The highest BCUT2D eigenvalue weighted by Gasteiger charge is 1.78. The van der Waals surface area contributed by atoms with E-state index < -0.39 is 0 Å². The van der Waals surface area contributed by atoms with Gasteiger partial charge in [0.1, 0.15) is 6.26 Å². The predicted molar refractivity (Wildman–Crippen MR) is 19.9 cm³/mol. The molecule has 0 N–H and O–H groups in total. The molecule has 1 heterocycles. The molecule has 0 amide bonds. The molecule has 0 fully saturated rings. The van der Waals surface area contributed by atoms with Crippen LogP contribution in [0.4, 0.5) is 0 Å². The van der Waals surface area contributed by atoms with Gasteiger partial charge in [0.25, 0.3) is 0 Å². The van der Waals surface area contributed by atoms with E-state index in [-0.39, 0.29) is 5.89 Å². The van der Waals surface area contributed by atoms with Gasteiger partial charge in [0, 0.05) is 0 Å². The summed E-state index contributed by atoms with van der Waals surface area (Å²) in [5.74, 6) is 0.218. The molecule has 0 aliphatic rings. The minimum Gasteiger partial charge on any atom is -0.449 e. The van der Waals surface area contributed by atoms with E-state index in [1.807, 2.05) is 0 Å². The van der Waals surface area contributed by atoms with E-state index >= 15 is 0 Å². The van der Waals surface area contributed by atoms with Crippen LogP contribution < -0.4 is 0 Å². The number of hydrogen-bond donors (Lipinski definition) is 0. The van der Waals surface area contributed by atoms with Crippen LogP contribution in [0.1, 0.15) is 5.89 Å². The van der Waals surface area contributed by atoms with Crippen molar-refractivity contribution in [2.24, 2.45) is 0 Å². The first-order chi connectivity index (χ1) is 2.89. The average molecular weight is 81.1 g/mol. The molecule has 0 spiro atoms. The van der Waals surface area contributed by atoms with Gasteiger partial charge in [-0.3, -0.25) is 0 Å². The lowest BCUT2D eigenvalue weighted by molar-refractivity contribution is 0.537. The molecule has 0 aromatic carbocycles. The van der Waals surface area contributed by atoms with Gasteiger partial charge in [-0.2, -0.15) is 0 Å². The smallest absolute Gasteiger partial charge is 0.198 e. The zero-order chi connectivity index (χ0) is 4.41. The highest BCUT2D eigenvalue weighted by atomic mass is 16.3. The third-order valence-electron chi connectivity index (χ3n) is 0.451. The molecular weight excluding hydrogens is 78.0 g/mol. The number of hydrogen-bond acceptors (Lipinski definition) is 2. The van der Waals surface area contributed by atoms with Crippen LogP contribution in [0.5, 0.6) is 0 Å². The zero-order valence-corrected chi connectivity index (χ0v) is 3.09. The monoisotopic (exact) mass is 81.0 g/mol. The molecule has 2 nitrogen and oxygen atoms in total. The van der Waals surface area contributed by atoms with Gasteiger partial charge >= 0.3 is 0 Å². The minimum atomic E-state index is 0.218. The Morgan fingerprint density at radius 1 is 1.83 bits per heavy atom. The van der Waals surface area contributed by atoms with E-state index in [0.717, 1.165) is 0 Å². The largest absolute Gasteiger partial charge is 0.449 e. The lowest BCUT2D eigenvalue weighted by Crippen LogP contribution is -1.59. The van der Waals surface area contributed by atoms with Crippen LogP contribution in [-0.4, -0.2) is 4.98 Å². The van der Waals surface area contributed by atoms with Crippen LogP contribution in [0.2, 0.25) is 0 Å². The van der Waals surface area contributed by atoms with Crippen LogP contribution in [0, 0.1) is 6.92 Å². The molecule has 2 radical (unpaired) electrons. The van der Waals surface area contributed by atoms with Gasteiger partial charge < -0.3 is 4.42 Å². The molecule has 2 heteroatoms. The molecule has 0 atom stereocenters. The van der Waals surface area contributed by atoms with Crippen molar-refractivity contribution < 1.29 is 4.42 Å². The Labute approximate surface area is 35.8 Å². The normalized spacial score (nSPS) is 8.83. The molecule has 1 rings (SSSR count). The second kappa shape index (κ2) is 1.12. The molecule has 0 unspecified atom stereocenters. The third-order valence-corrected chi connectivity index (χ3v) is 0.451. The number of rotatable bonds is 0. The van der Waals surface area contributed by atoms with Crippen LogP contribution >= 0.6 is 0 Å². The number of aromatic nitrogens is 1. The fourth-order valence-corrected chi connectivity index (χ4v) is 0.234.